The highest BCUT2D eigenvalue weighted by Gasteiger charge is 2.30. The zero-order valence-corrected chi connectivity index (χ0v) is 15.6. The molecule has 1 aliphatic heterocycles. The average Bonchev–Trinajstić information content (AvgIpc) is 2.98. The maximum Gasteiger partial charge on any atom is 0.411 e. The smallest absolute Gasteiger partial charge is 0.411 e. The van der Waals surface area contributed by atoms with Crippen LogP contribution in [0.4, 0.5) is 10.5 Å². The molecule has 3 rings (SSSR count). The summed E-state index contributed by atoms with van der Waals surface area (Å²) in [5.74, 6) is -1.60. The number of amides is 3. The molecule has 0 aliphatic carbocycles. The molecule has 29 heavy (non-hydrogen) atoms. The lowest BCUT2D eigenvalue weighted by Crippen LogP contribution is -2.35. The van der Waals surface area contributed by atoms with Gasteiger partial charge in [-0.2, -0.15) is 0 Å². The van der Waals surface area contributed by atoms with Crippen LogP contribution in [0.15, 0.2) is 33.5 Å². The highest BCUT2D eigenvalue weighted by molar-refractivity contribution is 6.04. The third-order valence-corrected chi connectivity index (χ3v) is 4.18. The molecular formula is C19H18N2O8. The van der Waals surface area contributed by atoms with E-state index in [9.17, 15) is 24.0 Å². The van der Waals surface area contributed by atoms with E-state index in [-0.39, 0.29) is 31.6 Å². The van der Waals surface area contributed by atoms with Gasteiger partial charge in [0.05, 0.1) is 6.61 Å². The van der Waals surface area contributed by atoms with Gasteiger partial charge in [0, 0.05) is 41.6 Å². The predicted molar refractivity (Wildman–Crippen MR) is 98.9 cm³/mol. The molecule has 0 unspecified atom stereocenters. The van der Waals surface area contributed by atoms with Crippen molar-refractivity contribution < 1.29 is 33.1 Å². The molecule has 0 bridgehead atoms. The number of anilines is 1. The quantitative estimate of drug-likeness (QED) is 0.437. The standard InChI is InChI=1S/C19H18N2O8/c1-2-27-19(26)20-12-3-4-13-11(7-17(24)29-14(13)8-12)10-28-18(25)9-21-15(22)5-6-16(21)23/h3-4,7-8H,2,5-6,9-10H2,1H3,(H,20,26). The minimum Gasteiger partial charge on any atom is -0.459 e. The van der Waals surface area contributed by atoms with Crippen molar-refractivity contribution in [3.05, 3.63) is 40.2 Å². The van der Waals surface area contributed by atoms with Crippen molar-refractivity contribution in [2.75, 3.05) is 18.5 Å². The molecule has 152 valence electrons. The Morgan fingerprint density at radius 2 is 1.83 bits per heavy atom. The van der Waals surface area contributed by atoms with E-state index in [1.807, 2.05) is 0 Å². The van der Waals surface area contributed by atoms with Gasteiger partial charge in [-0.1, -0.05) is 0 Å². The number of nitrogens with one attached hydrogen (secondary N) is 1. The Balaban J connectivity index is 1.72. The molecule has 1 aliphatic rings. The summed E-state index contributed by atoms with van der Waals surface area (Å²) in [4.78, 5) is 59.3. The summed E-state index contributed by atoms with van der Waals surface area (Å²) in [6.45, 7) is 1.16. The van der Waals surface area contributed by atoms with Crippen LogP contribution in [-0.4, -0.2) is 41.9 Å². The topological polar surface area (TPSA) is 132 Å². The maximum absolute atomic E-state index is 12.0. The van der Waals surface area contributed by atoms with Crippen molar-refractivity contribution in [1.29, 1.82) is 0 Å². The number of carbonyl (C=O) groups is 4. The number of rotatable bonds is 6. The summed E-state index contributed by atoms with van der Waals surface area (Å²) in [5.41, 5.74) is 0.259. The van der Waals surface area contributed by atoms with Gasteiger partial charge in [0.1, 0.15) is 18.7 Å². The monoisotopic (exact) mass is 402 g/mol. The number of carbonyl (C=O) groups excluding carboxylic acids is 4. The van der Waals surface area contributed by atoms with Gasteiger partial charge in [-0.05, 0) is 19.1 Å². The Labute approximate surface area is 164 Å². The highest BCUT2D eigenvalue weighted by Crippen LogP contribution is 2.22. The molecule has 2 aromatic rings. The lowest BCUT2D eigenvalue weighted by atomic mass is 10.1. The summed E-state index contributed by atoms with van der Waals surface area (Å²) >= 11 is 0. The molecule has 3 amide bonds. The van der Waals surface area contributed by atoms with Crippen molar-refractivity contribution >= 4 is 40.5 Å². The number of esters is 1. The third kappa shape index (κ3) is 4.78. The minimum atomic E-state index is -0.768. The van der Waals surface area contributed by atoms with Crippen LogP contribution in [0.3, 0.4) is 0 Å². The van der Waals surface area contributed by atoms with Crippen molar-refractivity contribution in [3.63, 3.8) is 0 Å². The second kappa shape index (κ2) is 8.55. The molecule has 10 heteroatoms. The fraction of sp³-hybridized carbons (Fsp3) is 0.316. The molecule has 1 aromatic heterocycles. The van der Waals surface area contributed by atoms with Gasteiger partial charge in [-0.3, -0.25) is 24.6 Å². The largest absolute Gasteiger partial charge is 0.459 e. The number of fused-ring (bicyclic) bond motifs is 1. The van der Waals surface area contributed by atoms with E-state index in [4.69, 9.17) is 13.9 Å². The Morgan fingerprint density at radius 3 is 2.52 bits per heavy atom. The molecule has 1 saturated heterocycles. The molecule has 10 nitrogen and oxygen atoms in total. The van der Waals surface area contributed by atoms with Gasteiger partial charge < -0.3 is 13.9 Å². The Morgan fingerprint density at radius 1 is 1.10 bits per heavy atom. The molecule has 1 N–H and O–H groups in total. The first kappa shape index (κ1) is 20.1. The SMILES string of the molecule is CCOC(=O)Nc1ccc2c(COC(=O)CN3C(=O)CCC3=O)cc(=O)oc2c1. The normalized spacial score (nSPS) is 13.6. The number of ether oxygens (including phenoxy) is 2. The van der Waals surface area contributed by atoms with Crippen LogP contribution in [0.25, 0.3) is 11.0 Å². The molecular weight excluding hydrogens is 384 g/mol. The number of imide groups is 1. The van der Waals surface area contributed by atoms with Crippen molar-refractivity contribution in [2.24, 2.45) is 0 Å². The van der Waals surface area contributed by atoms with Gasteiger partial charge in [0.25, 0.3) is 0 Å². The molecule has 1 aromatic carbocycles. The fourth-order valence-electron chi connectivity index (χ4n) is 2.84. The van der Waals surface area contributed by atoms with Gasteiger partial charge in [-0.15, -0.1) is 0 Å². The second-order valence-electron chi connectivity index (χ2n) is 6.18. The summed E-state index contributed by atoms with van der Waals surface area (Å²) in [6, 6.07) is 5.80. The average molecular weight is 402 g/mol. The Hall–Kier alpha value is -3.69. The van der Waals surface area contributed by atoms with E-state index >= 15 is 0 Å². The van der Waals surface area contributed by atoms with Crippen molar-refractivity contribution in [2.45, 2.75) is 26.4 Å². The van der Waals surface area contributed by atoms with Crippen LogP contribution in [0.2, 0.25) is 0 Å². The van der Waals surface area contributed by atoms with Crippen molar-refractivity contribution in [3.8, 4) is 0 Å². The van der Waals surface area contributed by atoms with Gasteiger partial charge in [0.2, 0.25) is 11.8 Å². The minimum absolute atomic E-state index is 0.0820. The van der Waals surface area contributed by atoms with E-state index in [1.165, 1.54) is 12.1 Å². The molecule has 2 heterocycles. The van der Waals surface area contributed by atoms with Crippen molar-refractivity contribution in [1.82, 2.24) is 4.90 Å². The van der Waals surface area contributed by atoms with Crippen LogP contribution >= 0.6 is 0 Å². The molecule has 0 saturated carbocycles. The number of hydrogen-bond acceptors (Lipinski definition) is 8. The Bertz CT molecular complexity index is 1030. The van der Waals surface area contributed by atoms with Crippen LogP contribution in [0, 0.1) is 0 Å². The van der Waals surface area contributed by atoms with Crippen LogP contribution in [0.1, 0.15) is 25.3 Å². The van der Waals surface area contributed by atoms with Crippen LogP contribution < -0.4 is 10.9 Å². The summed E-state index contributed by atoms with van der Waals surface area (Å²) in [7, 11) is 0. The van der Waals surface area contributed by atoms with Gasteiger partial charge >= 0.3 is 17.7 Å². The third-order valence-electron chi connectivity index (χ3n) is 4.18. The number of hydrogen-bond donors (Lipinski definition) is 1. The highest BCUT2D eigenvalue weighted by atomic mass is 16.5. The number of benzene rings is 1. The lowest BCUT2D eigenvalue weighted by molar-refractivity contribution is -0.153. The Kier molecular flexibility index (Phi) is 5.91. The lowest BCUT2D eigenvalue weighted by Gasteiger charge is -2.13. The first-order valence-electron chi connectivity index (χ1n) is 8.86. The van der Waals surface area contributed by atoms with E-state index in [1.54, 1.807) is 19.1 Å². The maximum atomic E-state index is 12.0. The molecule has 0 spiro atoms. The van der Waals surface area contributed by atoms with Gasteiger partial charge in [0.15, 0.2) is 0 Å². The van der Waals surface area contributed by atoms with E-state index in [2.05, 4.69) is 5.32 Å². The van der Waals surface area contributed by atoms with Crippen LogP contribution in [-0.2, 0) is 30.5 Å². The predicted octanol–water partition coefficient (Wildman–Crippen LogP) is 1.55. The summed E-state index contributed by atoms with van der Waals surface area (Å²) in [6.07, 6.45) is -0.484. The zero-order chi connectivity index (χ0) is 21.0. The zero-order valence-electron chi connectivity index (χ0n) is 15.6. The van der Waals surface area contributed by atoms with Crippen LogP contribution in [0.5, 0.6) is 0 Å². The fourth-order valence-corrected chi connectivity index (χ4v) is 2.84. The number of nitrogens with zero attached hydrogens (tertiary/aromatic N) is 1. The molecule has 0 atom stereocenters. The number of likely N-dealkylation sites (tertiary alicyclic amines) is 1. The molecule has 1 fully saturated rings. The molecule has 0 radical (unpaired) electrons. The second-order valence-corrected chi connectivity index (χ2v) is 6.18. The first-order valence-corrected chi connectivity index (χ1v) is 8.86. The summed E-state index contributed by atoms with van der Waals surface area (Å²) in [5, 5.41) is 2.99. The summed E-state index contributed by atoms with van der Waals surface area (Å²) < 4.78 is 15.1. The van der Waals surface area contributed by atoms with E-state index < -0.39 is 36.0 Å². The van der Waals surface area contributed by atoms with E-state index in [0.717, 1.165) is 4.90 Å². The van der Waals surface area contributed by atoms with Gasteiger partial charge in [-0.25, -0.2) is 9.59 Å². The first-order chi connectivity index (χ1) is 13.9. The van der Waals surface area contributed by atoms with E-state index in [0.29, 0.717) is 16.6 Å².